The van der Waals surface area contributed by atoms with Gasteiger partial charge in [-0.15, -0.1) is 0 Å². The Morgan fingerprint density at radius 3 is 3.00 bits per heavy atom. The Morgan fingerprint density at radius 1 is 1.41 bits per heavy atom. The molecule has 118 valence electrons. The molecule has 6 nitrogen and oxygen atoms in total. The molecule has 0 aromatic carbocycles. The monoisotopic (exact) mass is 301 g/mol. The van der Waals surface area contributed by atoms with Crippen LogP contribution >= 0.6 is 0 Å². The first kappa shape index (κ1) is 14.8. The summed E-state index contributed by atoms with van der Waals surface area (Å²) in [6.07, 6.45) is 8.25. The van der Waals surface area contributed by atoms with E-state index in [0.29, 0.717) is 6.42 Å². The highest BCUT2D eigenvalue weighted by molar-refractivity contribution is 5.76. The third-order valence-electron chi connectivity index (χ3n) is 4.06. The molecule has 0 bridgehead atoms. The largest absolute Gasteiger partial charge is 0.354 e. The molecule has 22 heavy (non-hydrogen) atoms. The predicted octanol–water partition coefficient (Wildman–Crippen LogP) is 2.07. The highest BCUT2D eigenvalue weighted by Gasteiger charge is 2.25. The maximum atomic E-state index is 12.1. The van der Waals surface area contributed by atoms with E-state index in [2.05, 4.69) is 26.9 Å². The number of carbonyl (C=O) groups is 1. The lowest BCUT2D eigenvalue weighted by molar-refractivity contribution is -0.122. The summed E-state index contributed by atoms with van der Waals surface area (Å²) in [7, 11) is 0. The van der Waals surface area contributed by atoms with Crippen LogP contribution in [0.3, 0.4) is 0 Å². The van der Waals surface area contributed by atoms with Gasteiger partial charge in [-0.3, -0.25) is 4.79 Å². The maximum Gasteiger partial charge on any atom is 0.220 e. The van der Waals surface area contributed by atoms with Gasteiger partial charge in [-0.2, -0.15) is 5.10 Å². The third kappa shape index (κ3) is 3.37. The highest BCUT2D eigenvalue weighted by Crippen LogP contribution is 2.23. The number of hydrogen-bond acceptors (Lipinski definition) is 3. The lowest BCUT2D eigenvalue weighted by Gasteiger charge is -2.23. The quantitative estimate of drug-likeness (QED) is 0.888. The van der Waals surface area contributed by atoms with Crippen LogP contribution in [0.2, 0.25) is 0 Å². The summed E-state index contributed by atoms with van der Waals surface area (Å²) < 4.78 is 4.05. The lowest BCUT2D eigenvalue weighted by Crippen LogP contribution is -2.33. The third-order valence-corrected chi connectivity index (χ3v) is 4.06. The SMILES string of the molecule is CCc1nc2n(n1)CCC[C@H]2NC(=O)CCCn1cccc1. The van der Waals surface area contributed by atoms with Gasteiger partial charge in [0.2, 0.25) is 5.91 Å². The van der Waals surface area contributed by atoms with Crippen molar-refractivity contribution < 1.29 is 4.79 Å². The van der Waals surface area contributed by atoms with Crippen molar-refractivity contribution in [3.05, 3.63) is 36.2 Å². The van der Waals surface area contributed by atoms with Crippen LogP contribution in [0.1, 0.15) is 50.3 Å². The molecule has 1 aliphatic rings. The molecule has 2 aromatic heterocycles. The number of nitrogens with zero attached hydrogens (tertiary/aromatic N) is 4. The van der Waals surface area contributed by atoms with Gasteiger partial charge in [0.15, 0.2) is 5.82 Å². The molecule has 1 atom stereocenters. The predicted molar refractivity (Wildman–Crippen MR) is 83.2 cm³/mol. The molecule has 3 heterocycles. The number of aromatic nitrogens is 4. The molecule has 1 N–H and O–H groups in total. The Morgan fingerprint density at radius 2 is 2.23 bits per heavy atom. The van der Waals surface area contributed by atoms with Crippen molar-refractivity contribution in [2.24, 2.45) is 0 Å². The molecule has 1 amide bonds. The molecule has 0 radical (unpaired) electrons. The molecular formula is C16H23N5O. The first-order valence-corrected chi connectivity index (χ1v) is 8.10. The van der Waals surface area contributed by atoms with Gasteiger partial charge < -0.3 is 9.88 Å². The van der Waals surface area contributed by atoms with Crippen molar-refractivity contribution in [3.63, 3.8) is 0 Å². The van der Waals surface area contributed by atoms with Crippen LogP contribution in [0.15, 0.2) is 24.5 Å². The van der Waals surface area contributed by atoms with Crippen LogP contribution in [0, 0.1) is 0 Å². The van der Waals surface area contributed by atoms with Gasteiger partial charge in [0.25, 0.3) is 0 Å². The molecule has 6 heteroatoms. The van der Waals surface area contributed by atoms with Crippen LogP contribution in [-0.4, -0.2) is 25.2 Å². The summed E-state index contributed by atoms with van der Waals surface area (Å²) in [5.74, 6) is 1.89. The van der Waals surface area contributed by atoms with Crippen molar-refractivity contribution >= 4 is 5.91 Å². The molecule has 0 fully saturated rings. The second kappa shape index (κ2) is 6.77. The number of nitrogens with one attached hydrogen (secondary N) is 1. The van der Waals surface area contributed by atoms with Gasteiger partial charge in [-0.25, -0.2) is 9.67 Å². The second-order valence-electron chi connectivity index (χ2n) is 5.75. The van der Waals surface area contributed by atoms with Gasteiger partial charge in [-0.1, -0.05) is 6.92 Å². The molecular weight excluding hydrogens is 278 g/mol. The van der Waals surface area contributed by atoms with Gasteiger partial charge in [0.1, 0.15) is 5.82 Å². The Kier molecular flexibility index (Phi) is 4.56. The minimum Gasteiger partial charge on any atom is -0.354 e. The van der Waals surface area contributed by atoms with E-state index in [4.69, 9.17) is 0 Å². The molecule has 0 aliphatic carbocycles. The Labute approximate surface area is 130 Å². The zero-order chi connectivity index (χ0) is 15.4. The first-order chi connectivity index (χ1) is 10.8. The first-order valence-electron chi connectivity index (χ1n) is 8.10. The number of amides is 1. The average molecular weight is 301 g/mol. The summed E-state index contributed by atoms with van der Waals surface area (Å²) in [5.41, 5.74) is 0. The summed E-state index contributed by atoms with van der Waals surface area (Å²) in [4.78, 5) is 16.7. The Hall–Kier alpha value is -2.11. The second-order valence-corrected chi connectivity index (χ2v) is 5.75. The fourth-order valence-electron chi connectivity index (χ4n) is 2.89. The normalized spacial score (nSPS) is 17.2. The zero-order valence-electron chi connectivity index (χ0n) is 13.0. The van der Waals surface area contributed by atoms with Crippen LogP contribution in [0.5, 0.6) is 0 Å². The summed E-state index contributed by atoms with van der Waals surface area (Å²) >= 11 is 0. The number of aryl methyl sites for hydroxylation is 3. The van der Waals surface area contributed by atoms with Crippen molar-refractivity contribution in [2.45, 2.75) is 58.2 Å². The highest BCUT2D eigenvalue weighted by atomic mass is 16.1. The molecule has 0 saturated carbocycles. The standard InChI is InChI=1S/C16H23N5O/c1-2-14-18-16-13(7-5-12-21(16)19-14)17-15(22)8-6-11-20-9-3-4-10-20/h3-4,9-10,13H,2,5-8,11-12H2,1H3,(H,17,22)/t13-/m1/s1. The zero-order valence-corrected chi connectivity index (χ0v) is 13.0. The van der Waals surface area contributed by atoms with Gasteiger partial charge in [0.05, 0.1) is 6.04 Å². The number of hydrogen-bond donors (Lipinski definition) is 1. The molecule has 2 aromatic rings. The van der Waals surface area contributed by atoms with E-state index in [1.165, 1.54) is 0 Å². The van der Waals surface area contributed by atoms with Gasteiger partial charge in [0, 0.05) is 38.3 Å². The van der Waals surface area contributed by atoms with E-state index in [1.807, 2.05) is 29.2 Å². The van der Waals surface area contributed by atoms with E-state index in [9.17, 15) is 4.79 Å². The van der Waals surface area contributed by atoms with Crippen molar-refractivity contribution in [3.8, 4) is 0 Å². The van der Waals surface area contributed by atoms with Crippen LogP contribution in [0.4, 0.5) is 0 Å². The van der Waals surface area contributed by atoms with E-state index in [-0.39, 0.29) is 11.9 Å². The minimum atomic E-state index is 0.0145. The summed E-state index contributed by atoms with van der Waals surface area (Å²) in [5, 5.41) is 7.59. The average Bonchev–Trinajstić information content (AvgIpc) is 3.16. The number of fused-ring (bicyclic) bond motifs is 1. The van der Waals surface area contributed by atoms with Crippen LogP contribution < -0.4 is 5.32 Å². The Bertz CT molecular complexity index is 617. The maximum absolute atomic E-state index is 12.1. The Balaban J connectivity index is 1.52. The lowest BCUT2D eigenvalue weighted by atomic mass is 10.1. The van der Waals surface area contributed by atoms with E-state index >= 15 is 0 Å². The summed E-state index contributed by atoms with van der Waals surface area (Å²) in [6, 6.07) is 4.01. The van der Waals surface area contributed by atoms with Gasteiger partial charge >= 0.3 is 0 Å². The number of rotatable bonds is 6. The molecule has 0 spiro atoms. The van der Waals surface area contributed by atoms with Crippen molar-refractivity contribution in [1.82, 2.24) is 24.6 Å². The van der Waals surface area contributed by atoms with E-state index in [0.717, 1.165) is 50.4 Å². The molecule has 1 aliphatic heterocycles. The van der Waals surface area contributed by atoms with Crippen molar-refractivity contribution in [2.75, 3.05) is 0 Å². The molecule has 0 unspecified atom stereocenters. The van der Waals surface area contributed by atoms with Crippen molar-refractivity contribution in [1.29, 1.82) is 0 Å². The minimum absolute atomic E-state index is 0.0145. The fourth-order valence-corrected chi connectivity index (χ4v) is 2.89. The van der Waals surface area contributed by atoms with E-state index < -0.39 is 0 Å². The van der Waals surface area contributed by atoms with Gasteiger partial charge in [-0.05, 0) is 31.4 Å². The molecule has 0 saturated heterocycles. The summed E-state index contributed by atoms with van der Waals surface area (Å²) in [6.45, 7) is 3.83. The molecule has 3 rings (SSSR count). The topological polar surface area (TPSA) is 64.7 Å². The fraction of sp³-hybridized carbons (Fsp3) is 0.562. The smallest absolute Gasteiger partial charge is 0.220 e. The van der Waals surface area contributed by atoms with E-state index in [1.54, 1.807) is 0 Å². The van der Waals surface area contributed by atoms with Crippen LogP contribution in [-0.2, 0) is 24.3 Å². The number of carbonyl (C=O) groups excluding carboxylic acids is 1. The van der Waals surface area contributed by atoms with Crippen LogP contribution in [0.25, 0.3) is 0 Å².